The van der Waals surface area contributed by atoms with Gasteiger partial charge < -0.3 is 0 Å². The van der Waals surface area contributed by atoms with Crippen LogP contribution in [0.3, 0.4) is 0 Å². The molecule has 1 aromatic heterocycles. The largest absolute Gasteiger partial charge is 0.416 e. The monoisotopic (exact) mass is 371 g/mol. The Hall–Kier alpha value is -2.82. The van der Waals surface area contributed by atoms with E-state index in [1.165, 1.54) is 25.5 Å². The topological polar surface area (TPSA) is 88.9 Å². The summed E-state index contributed by atoms with van der Waals surface area (Å²) < 4.78 is 39.7. The Morgan fingerprint density at radius 3 is 2.60 bits per heavy atom. The number of rotatable bonds is 3. The van der Waals surface area contributed by atoms with Crippen molar-refractivity contribution in [2.75, 3.05) is 0 Å². The van der Waals surface area contributed by atoms with Crippen LogP contribution in [0.4, 0.5) is 13.2 Å². The summed E-state index contributed by atoms with van der Waals surface area (Å²) in [6, 6.07) is 3.20. The van der Waals surface area contributed by atoms with E-state index in [4.69, 9.17) is 0 Å². The minimum Gasteiger partial charge on any atom is -0.274 e. The first-order valence-corrected chi connectivity index (χ1v) is 7.17. The highest BCUT2D eigenvalue weighted by Crippen LogP contribution is 2.33. The first kappa shape index (κ1) is 18.5. The molecule has 7 nitrogen and oxygen atoms in total. The van der Waals surface area contributed by atoms with E-state index in [1.54, 1.807) is 0 Å². The van der Waals surface area contributed by atoms with Crippen molar-refractivity contribution in [1.29, 1.82) is 0 Å². The summed E-state index contributed by atoms with van der Waals surface area (Å²) in [7, 11) is 0. The van der Waals surface area contributed by atoms with Crippen LogP contribution in [0.5, 0.6) is 0 Å². The molecular formula is C14H12F3N5O2S. The molecule has 0 saturated heterocycles. The third-order valence-corrected chi connectivity index (χ3v) is 3.01. The predicted octanol–water partition coefficient (Wildman–Crippen LogP) is 1.89. The maximum Gasteiger partial charge on any atom is 0.416 e. The fourth-order valence-electron chi connectivity index (χ4n) is 1.72. The molecule has 0 saturated carbocycles. The standard InChI is InChI=1S/C14H12F3N5O2S/c1-8(23)19-20-12(24)2-3-22-7-18-13(21-22)9-4-10(14(15,16)17)6-11(25)5-9/h2-7,25H,1H3,(H,19,23)(H,20,24)/b3-2-. The molecule has 1 heterocycles. The molecule has 0 atom stereocenters. The maximum atomic E-state index is 12.8. The van der Waals surface area contributed by atoms with E-state index in [-0.39, 0.29) is 16.3 Å². The number of hydrazine groups is 1. The molecule has 132 valence electrons. The third-order valence-electron chi connectivity index (χ3n) is 2.75. The lowest BCUT2D eigenvalue weighted by atomic mass is 10.1. The van der Waals surface area contributed by atoms with Crippen LogP contribution in [0.25, 0.3) is 17.6 Å². The van der Waals surface area contributed by atoms with Crippen LogP contribution in [0.1, 0.15) is 12.5 Å². The molecule has 2 N–H and O–H groups in total. The summed E-state index contributed by atoms with van der Waals surface area (Å²) >= 11 is 3.96. The lowest BCUT2D eigenvalue weighted by Crippen LogP contribution is -2.39. The van der Waals surface area contributed by atoms with Crippen LogP contribution in [-0.4, -0.2) is 26.6 Å². The van der Waals surface area contributed by atoms with E-state index in [0.29, 0.717) is 0 Å². The Bertz CT molecular complexity index is 832. The number of thiol groups is 1. The summed E-state index contributed by atoms with van der Waals surface area (Å²) in [5, 5.41) is 3.96. The number of carbonyl (C=O) groups excluding carboxylic acids is 2. The van der Waals surface area contributed by atoms with Crippen molar-refractivity contribution in [2.45, 2.75) is 18.0 Å². The number of nitrogens with one attached hydrogen (secondary N) is 2. The first-order chi connectivity index (χ1) is 11.6. The highest BCUT2D eigenvalue weighted by molar-refractivity contribution is 7.80. The highest BCUT2D eigenvalue weighted by Gasteiger charge is 2.31. The molecule has 0 bridgehead atoms. The van der Waals surface area contributed by atoms with Gasteiger partial charge in [0.25, 0.3) is 5.91 Å². The molecule has 1 aromatic carbocycles. The van der Waals surface area contributed by atoms with E-state index in [1.807, 2.05) is 0 Å². The van der Waals surface area contributed by atoms with Gasteiger partial charge in [-0.3, -0.25) is 20.4 Å². The molecule has 2 rings (SSSR count). The van der Waals surface area contributed by atoms with Gasteiger partial charge in [0.05, 0.1) is 5.56 Å². The van der Waals surface area contributed by atoms with Crippen molar-refractivity contribution in [1.82, 2.24) is 25.6 Å². The third kappa shape index (κ3) is 5.35. The van der Waals surface area contributed by atoms with Crippen molar-refractivity contribution < 1.29 is 22.8 Å². The van der Waals surface area contributed by atoms with Gasteiger partial charge in [0.15, 0.2) is 5.82 Å². The second-order valence-electron chi connectivity index (χ2n) is 4.80. The van der Waals surface area contributed by atoms with Crippen molar-refractivity contribution in [3.05, 3.63) is 36.2 Å². The van der Waals surface area contributed by atoms with Crippen LogP contribution >= 0.6 is 12.6 Å². The smallest absolute Gasteiger partial charge is 0.274 e. The van der Waals surface area contributed by atoms with Crippen LogP contribution < -0.4 is 10.9 Å². The van der Waals surface area contributed by atoms with Gasteiger partial charge in [-0.2, -0.15) is 13.2 Å². The lowest BCUT2D eigenvalue weighted by Gasteiger charge is -2.08. The van der Waals surface area contributed by atoms with Gasteiger partial charge in [-0.25, -0.2) is 9.67 Å². The first-order valence-electron chi connectivity index (χ1n) is 6.72. The number of carbonyl (C=O) groups is 2. The molecule has 25 heavy (non-hydrogen) atoms. The second-order valence-corrected chi connectivity index (χ2v) is 5.32. The maximum absolute atomic E-state index is 12.8. The van der Waals surface area contributed by atoms with E-state index >= 15 is 0 Å². The lowest BCUT2D eigenvalue weighted by molar-refractivity contribution is -0.137. The van der Waals surface area contributed by atoms with E-state index in [9.17, 15) is 22.8 Å². The number of hydrogen-bond donors (Lipinski definition) is 3. The minimum absolute atomic E-state index is 0.0355. The van der Waals surface area contributed by atoms with Crippen LogP contribution in [-0.2, 0) is 15.8 Å². The summed E-state index contributed by atoms with van der Waals surface area (Å²) in [6.07, 6.45) is -1.01. The summed E-state index contributed by atoms with van der Waals surface area (Å²) in [6.45, 7) is 1.22. The zero-order valence-electron chi connectivity index (χ0n) is 12.7. The zero-order chi connectivity index (χ0) is 18.6. The molecule has 11 heteroatoms. The van der Waals surface area contributed by atoms with E-state index in [2.05, 4.69) is 33.6 Å². The predicted molar refractivity (Wildman–Crippen MR) is 85.0 cm³/mol. The summed E-state index contributed by atoms with van der Waals surface area (Å²) in [5.74, 6) is -1.03. The second kappa shape index (κ2) is 7.38. The van der Waals surface area contributed by atoms with Crippen molar-refractivity contribution in [3.63, 3.8) is 0 Å². The van der Waals surface area contributed by atoms with Gasteiger partial charge in [-0.15, -0.1) is 17.7 Å². The SMILES string of the molecule is CC(=O)NNC(=O)/C=C\n1cnc(-c2cc(S)cc(C(F)(F)F)c2)n1. The van der Waals surface area contributed by atoms with Crippen molar-refractivity contribution >= 4 is 30.6 Å². The number of hydrogen-bond acceptors (Lipinski definition) is 5. The average molecular weight is 371 g/mol. The molecular weight excluding hydrogens is 359 g/mol. The molecule has 2 amide bonds. The Morgan fingerprint density at radius 1 is 1.24 bits per heavy atom. The van der Waals surface area contributed by atoms with E-state index < -0.39 is 23.6 Å². The van der Waals surface area contributed by atoms with Gasteiger partial charge >= 0.3 is 6.18 Å². The zero-order valence-corrected chi connectivity index (χ0v) is 13.6. The van der Waals surface area contributed by atoms with Gasteiger partial charge in [0.2, 0.25) is 5.91 Å². The molecule has 0 aliphatic heterocycles. The summed E-state index contributed by atoms with van der Waals surface area (Å²) in [4.78, 5) is 26.1. The number of benzene rings is 1. The van der Waals surface area contributed by atoms with Crippen molar-refractivity contribution in [2.24, 2.45) is 0 Å². The van der Waals surface area contributed by atoms with Crippen LogP contribution in [0, 0.1) is 0 Å². The molecule has 0 spiro atoms. The average Bonchev–Trinajstić information content (AvgIpc) is 2.98. The highest BCUT2D eigenvalue weighted by atomic mass is 32.1. The van der Waals surface area contributed by atoms with Crippen LogP contribution in [0.2, 0.25) is 0 Å². The Morgan fingerprint density at radius 2 is 1.96 bits per heavy atom. The Labute approximate surface area is 145 Å². The fraction of sp³-hybridized carbons (Fsp3) is 0.143. The number of aromatic nitrogens is 3. The number of alkyl halides is 3. The molecule has 2 aromatic rings. The number of halogens is 3. The van der Waals surface area contributed by atoms with Crippen molar-refractivity contribution in [3.8, 4) is 11.4 Å². The minimum atomic E-state index is -4.52. The van der Waals surface area contributed by atoms with Gasteiger partial charge in [0, 0.05) is 29.7 Å². The molecule has 0 aliphatic rings. The van der Waals surface area contributed by atoms with Gasteiger partial charge in [-0.05, 0) is 18.2 Å². The molecule has 0 fully saturated rings. The van der Waals surface area contributed by atoms with Gasteiger partial charge in [0.1, 0.15) is 6.33 Å². The summed E-state index contributed by atoms with van der Waals surface area (Å²) in [5.41, 5.74) is 3.46. The van der Waals surface area contributed by atoms with Gasteiger partial charge in [-0.1, -0.05) is 0 Å². The van der Waals surface area contributed by atoms with E-state index in [0.717, 1.165) is 22.9 Å². The molecule has 0 unspecified atom stereocenters. The number of amides is 2. The Balaban J connectivity index is 2.17. The number of nitrogens with zero attached hydrogens (tertiary/aromatic N) is 3. The quantitative estimate of drug-likeness (QED) is 0.437. The molecule has 0 radical (unpaired) electrons. The Kier molecular flexibility index (Phi) is 5.47. The normalized spacial score (nSPS) is 11.6. The fourth-order valence-corrected chi connectivity index (χ4v) is 2.00. The van der Waals surface area contributed by atoms with Crippen LogP contribution in [0.15, 0.2) is 35.5 Å². The molecule has 0 aliphatic carbocycles.